The van der Waals surface area contributed by atoms with Gasteiger partial charge in [-0.15, -0.1) is 0 Å². The van der Waals surface area contributed by atoms with E-state index >= 15 is 0 Å². The largest absolute Gasteiger partial charge is 0.369 e. The van der Waals surface area contributed by atoms with Crippen molar-refractivity contribution in [2.45, 2.75) is 19.9 Å². The molecule has 2 fully saturated rings. The molecule has 0 bridgehead atoms. The number of amides is 1. The SMILES string of the molecule is CC(C)n1cnc2cnc(Nc3ccnc(N4C[C@@H]5[C@H](C4)[C@H]5C(N)=O)n3)cc21. The molecule has 0 spiro atoms. The Hall–Kier alpha value is -3.23. The summed E-state index contributed by atoms with van der Waals surface area (Å²) >= 11 is 0. The second kappa shape index (κ2) is 6.15. The van der Waals surface area contributed by atoms with E-state index in [2.05, 4.69) is 48.6 Å². The normalized spacial score (nSPS) is 23.2. The summed E-state index contributed by atoms with van der Waals surface area (Å²) in [5, 5.41) is 3.26. The van der Waals surface area contributed by atoms with E-state index in [-0.39, 0.29) is 11.8 Å². The van der Waals surface area contributed by atoms with Crippen molar-refractivity contribution in [1.29, 1.82) is 0 Å². The lowest BCUT2D eigenvalue weighted by molar-refractivity contribution is -0.119. The minimum Gasteiger partial charge on any atom is -0.369 e. The molecule has 1 amide bonds. The minimum absolute atomic E-state index is 0.0271. The Kier molecular flexibility index (Phi) is 3.71. The molecular weight excluding hydrogens is 356 g/mol. The van der Waals surface area contributed by atoms with E-state index in [1.165, 1.54) is 0 Å². The average molecular weight is 378 g/mol. The van der Waals surface area contributed by atoms with Crippen molar-refractivity contribution in [3.8, 4) is 0 Å². The van der Waals surface area contributed by atoms with Crippen LogP contribution >= 0.6 is 0 Å². The highest BCUT2D eigenvalue weighted by molar-refractivity contribution is 5.81. The third-order valence-corrected chi connectivity index (χ3v) is 5.72. The van der Waals surface area contributed by atoms with Crippen molar-refractivity contribution in [1.82, 2.24) is 24.5 Å². The number of nitrogens with zero attached hydrogens (tertiary/aromatic N) is 6. The van der Waals surface area contributed by atoms with Gasteiger partial charge in [-0.1, -0.05) is 0 Å². The molecule has 3 N–H and O–H groups in total. The van der Waals surface area contributed by atoms with Crippen LogP contribution in [-0.4, -0.2) is 43.5 Å². The van der Waals surface area contributed by atoms with Crippen molar-refractivity contribution < 1.29 is 4.79 Å². The number of rotatable bonds is 5. The summed E-state index contributed by atoms with van der Waals surface area (Å²) in [6.45, 7) is 5.79. The van der Waals surface area contributed by atoms with E-state index in [4.69, 9.17) is 5.73 Å². The highest BCUT2D eigenvalue weighted by Crippen LogP contribution is 2.51. The lowest BCUT2D eigenvalue weighted by atomic mass is 10.2. The molecule has 9 heteroatoms. The number of imidazole rings is 1. The number of fused-ring (bicyclic) bond motifs is 2. The van der Waals surface area contributed by atoms with Crippen LogP contribution in [0.4, 0.5) is 17.6 Å². The Bertz CT molecular complexity index is 1050. The predicted molar refractivity (Wildman–Crippen MR) is 105 cm³/mol. The smallest absolute Gasteiger partial charge is 0.227 e. The maximum absolute atomic E-state index is 11.4. The zero-order valence-corrected chi connectivity index (χ0v) is 15.8. The molecule has 0 radical (unpaired) electrons. The standard InChI is InChI=1S/C19H22N8O/c1-10(2)27-9-23-13-6-22-16(5-14(13)27)24-15-3-4-21-19(25-15)26-7-11-12(8-26)17(11)18(20)28/h3-6,9-12,17H,7-8H2,1-2H3,(H2,20,28)(H,21,22,24,25)/t11-,12+,17+. The summed E-state index contributed by atoms with van der Waals surface area (Å²) in [6.07, 6.45) is 5.33. The number of hydrogen-bond acceptors (Lipinski definition) is 7. The monoisotopic (exact) mass is 378 g/mol. The molecule has 1 saturated carbocycles. The van der Waals surface area contributed by atoms with E-state index in [1.807, 2.05) is 18.5 Å². The van der Waals surface area contributed by atoms with E-state index in [0.717, 1.165) is 24.1 Å². The topological polar surface area (TPSA) is 115 Å². The second-order valence-corrected chi connectivity index (χ2v) is 7.83. The van der Waals surface area contributed by atoms with Crippen LogP contribution in [0, 0.1) is 17.8 Å². The number of nitrogens with one attached hydrogen (secondary N) is 1. The van der Waals surface area contributed by atoms with Gasteiger partial charge in [-0.3, -0.25) is 4.79 Å². The van der Waals surface area contributed by atoms with Gasteiger partial charge in [-0.2, -0.15) is 4.98 Å². The summed E-state index contributed by atoms with van der Waals surface area (Å²) in [7, 11) is 0. The highest BCUT2D eigenvalue weighted by atomic mass is 16.1. The Morgan fingerprint density at radius 1 is 1.21 bits per heavy atom. The van der Waals surface area contributed by atoms with Crippen molar-refractivity contribution in [3.05, 3.63) is 30.9 Å². The van der Waals surface area contributed by atoms with Crippen LogP contribution in [-0.2, 0) is 4.79 Å². The van der Waals surface area contributed by atoms with Crippen molar-refractivity contribution in [3.63, 3.8) is 0 Å². The van der Waals surface area contributed by atoms with Gasteiger partial charge >= 0.3 is 0 Å². The van der Waals surface area contributed by atoms with Gasteiger partial charge in [0.05, 0.1) is 18.0 Å². The number of anilines is 3. The molecule has 1 saturated heterocycles. The predicted octanol–water partition coefficient (Wildman–Crippen LogP) is 1.71. The summed E-state index contributed by atoms with van der Waals surface area (Å²) in [5.74, 6) is 2.58. The van der Waals surface area contributed by atoms with Crippen molar-refractivity contribution >= 4 is 34.5 Å². The molecule has 3 aromatic rings. The van der Waals surface area contributed by atoms with Crippen LogP contribution in [0.3, 0.4) is 0 Å². The number of carbonyl (C=O) groups excluding carboxylic acids is 1. The molecule has 0 unspecified atom stereocenters. The summed E-state index contributed by atoms with van der Waals surface area (Å²) in [4.78, 5) is 31.3. The summed E-state index contributed by atoms with van der Waals surface area (Å²) in [6, 6.07) is 4.11. The lowest BCUT2D eigenvalue weighted by Crippen LogP contribution is -2.29. The first-order chi connectivity index (χ1) is 13.5. The van der Waals surface area contributed by atoms with Gasteiger partial charge in [0, 0.05) is 37.3 Å². The molecule has 0 aromatic carbocycles. The van der Waals surface area contributed by atoms with Gasteiger partial charge in [0.1, 0.15) is 17.2 Å². The van der Waals surface area contributed by atoms with E-state index in [1.54, 1.807) is 12.4 Å². The Morgan fingerprint density at radius 3 is 2.71 bits per heavy atom. The highest BCUT2D eigenvalue weighted by Gasteiger charge is 2.59. The summed E-state index contributed by atoms with van der Waals surface area (Å²) < 4.78 is 2.11. The zero-order valence-electron chi connectivity index (χ0n) is 15.8. The van der Waals surface area contributed by atoms with Crippen molar-refractivity contribution in [2.24, 2.45) is 23.5 Å². The van der Waals surface area contributed by atoms with Gasteiger partial charge in [-0.25, -0.2) is 15.0 Å². The fourth-order valence-electron chi connectivity index (χ4n) is 4.22. The fraction of sp³-hybridized carbons (Fsp3) is 0.421. The number of primary amides is 1. The maximum atomic E-state index is 11.4. The zero-order chi connectivity index (χ0) is 19.4. The fourth-order valence-corrected chi connectivity index (χ4v) is 4.22. The molecule has 2 aliphatic rings. The molecule has 1 aliphatic carbocycles. The van der Waals surface area contributed by atoms with Crippen LogP contribution in [0.1, 0.15) is 19.9 Å². The molecule has 1 aliphatic heterocycles. The first kappa shape index (κ1) is 16.9. The van der Waals surface area contributed by atoms with Crippen LogP contribution in [0.15, 0.2) is 30.9 Å². The van der Waals surface area contributed by atoms with Crippen LogP contribution < -0.4 is 16.0 Å². The van der Waals surface area contributed by atoms with Crippen LogP contribution in [0.5, 0.6) is 0 Å². The van der Waals surface area contributed by atoms with Crippen molar-refractivity contribution in [2.75, 3.05) is 23.3 Å². The molecule has 144 valence electrons. The number of piperidine rings is 1. The summed E-state index contributed by atoms with van der Waals surface area (Å²) in [5.41, 5.74) is 7.32. The number of nitrogens with two attached hydrogens (primary N) is 1. The molecule has 3 atom stereocenters. The maximum Gasteiger partial charge on any atom is 0.227 e. The molecular formula is C19H22N8O. The Balaban J connectivity index is 1.34. The first-order valence-corrected chi connectivity index (χ1v) is 9.48. The van der Waals surface area contributed by atoms with Crippen LogP contribution in [0.25, 0.3) is 11.0 Å². The molecule has 4 heterocycles. The number of hydrogen-bond donors (Lipinski definition) is 2. The van der Waals surface area contributed by atoms with Gasteiger partial charge < -0.3 is 20.5 Å². The Labute approximate surface area is 162 Å². The third-order valence-electron chi connectivity index (χ3n) is 5.72. The van der Waals surface area contributed by atoms with Gasteiger partial charge in [-0.05, 0) is 31.7 Å². The van der Waals surface area contributed by atoms with E-state index in [0.29, 0.717) is 35.5 Å². The molecule has 5 rings (SSSR count). The van der Waals surface area contributed by atoms with Gasteiger partial charge in [0.25, 0.3) is 0 Å². The average Bonchev–Trinajstić information content (AvgIpc) is 3.02. The third kappa shape index (κ3) is 2.74. The molecule has 3 aromatic heterocycles. The first-order valence-electron chi connectivity index (χ1n) is 9.48. The van der Waals surface area contributed by atoms with E-state index in [9.17, 15) is 4.79 Å². The minimum atomic E-state index is -0.187. The molecule has 9 nitrogen and oxygen atoms in total. The Morgan fingerprint density at radius 2 is 2.00 bits per heavy atom. The second-order valence-electron chi connectivity index (χ2n) is 7.83. The number of carbonyl (C=O) groups is 1. The van der Waals surface area contributed by atoms with Gasteiger partial charge in [0.15, 0.2) is 0 Å². The lowest BCUT2D eigenvalue weighted by Gasteiger charge is -2.19. The number of pyridine rings is 1. The molecule has 28 heavy (non-hydrogen) atoms. The quantitative estimate of drug-likeness (QED) is 0.694. The van der Waals surface area contributed by atoms with E-state index < -0.39 is 0 Å². The van der Waals surface area contributed by atoms with Crippen LogP contribution in [0.2, 0.25) is 0 Å². The van der Waals surface area contributed by atoms with Gasteiger partial charge in [0.2, 0.25) is 11.9 Å². The number of aromatic nitrogens is 5.